The first-order chi connectivity index (χ1) is 12.0. The minimum Gasteiger partial charge on any atom is -0.477 e. The van der Waals surface area contributed by atoms with E-state index in [0.717, 1.165) is 31.6 Å². The zero-order chi connectivity index (χ0) is 18.2. The molecule has 1 aromatic carbocycles. The lowest BCUT2D eigenvalue weighted by Crippen LogP contribution is -2.53. The highest BCUT2D eigenvalue weighted by atomic mass is 32.1. The maximum absolute atomic E-state index is 12.3. The number of fused-ring (bicyclic) bond motifs is 1. The first-order valence-corrected chi connectivity index (χ1v) is 9.17. The van der Waals surface area contributed by atoms with Gasteiger partial charge in [0.2, 0.25) is 0 Å². The van der Waals surface area contributed by atoms with Gasteiger partial charge in [-0.2, -0.15) is 0 Å². The molecule has 0 unspecified atom stereocenters. The maximum Gasteiger partial charge on any atom is 0.262 e. The fourth-order valence-electron chi connectivity index (χ4n) is 2.61. The van der Waals surface area contributed by atoms with Crippen molar-refractivity contribution < 1.29 is 9.53 Å². The van der Waals surface area contributed by atoms with Gasteiger partial charge in [0.15, 0.2) is 11.2 Å². The topological polar surface area (TPSA) is 56.8 Å². The highest BCUT2D eigenvalue weighted by molar-refractivity contribution is 7.80. The van der Waals surface area contributed by atoms with Gasteiger partial charge in [-0.1, -0.05) is 19.1 Å². The van der Waals surface area contributed by atoms with Crippen LogP contribution in [0.3, 0.4) is 0 Å². The fraction of sp³-hybridized carbons (Fsp3) is 0.556. The monoisotopic (exact) mass is 364 g/mol. The van der Waals surface area contributed by atoms with E-state index < -0.39 is 6.10 Å². The van der Waals surface area contributed by atoms with E-state index in [-0.39, 0.29) is 5.91 Å². The Bertz CT molecular complexity index is 594. The van der Waals surface area contributed by atoms with Crippen LogP contribution in [-0.2, 0) is 4.79 Å². The Morgan fingerprint density at radius 1 is 1.32 bits per heavy atom. The molecule has 138 valence electrons. The van der Waals surface area contributed by atoms with Gasteiger partial charge in [-0.05, 0) is 57.8 Å². The second-order valence-corrected chi connectivity index (χ2v) is 6.75. The minimum absolute atomic E-state index is 0.100. The number of carbonyl (C=O) groups is 1. The summed E-state index contributed by atoms with van der Waals surface area (Å²) < 4.78 is 5.88. The molecule has 25 heavy (non-hydrogen) atoms. The second kappa shape index (κ2) is 9.58. The van der Waals surface area contributed by atoms with Crippen molar-refractivity contribution in [3.63, 3.8) is 0 Å². The van der Waals surface area contributed by atoms with Crippen molar-refractivity contribution in [3.05, 3.63) is 24.3 Å². The van der Waals surface area contributed by atoms with E-state index in [0.29, 0.717) is 24.0 Å². The Kier molecular flexibility index (Phi) is 7.46. The van der Waals surface area contributed by atoms with Gasteiger partial charge in [0, 0.05) is 13.1 Å². The van der Waals surface area contributed by atoms with Gasteiger partial charge in [-0.3, -0.25) is 4.79 Å². The molecule has 0 saturated carbocycles. The molecular formula is C18H28N4O2S. The molecule has 0 bridgehead atoms. The molecule has 1 aliphatic heterocycles. The number of carbonyl (C=O) groups excluding carboxylic acids is 1. The largest absolute Gasteiger partial charge is 0.477 e. The predicted molar refractivity (Wildman–Crippen MR) is 105 cm³/mol. The Balaban J connectivity index is 2.04. The summed E-state index contributed by atoms with van der Waals surface area (Å²) >= 11 is 5.57. The molecule has 6 nitrogen and oxygen atoms in total. The number of nitrogens with one attached hydrogen (secondary N) is 2. The molecule has 7 heteroatoms. The second-order valence-electron chi connectivity index (χ2n) is 6.36. The van der Waals surface area contributed by atoms with Gasteiger partial charge in [0.25, 0.3) is 5.91 Å². The van der Waals surface area contributed by atoms with Crippen LogP contribution in [0.1, 0.15) is 19.8 Å². The quantitative estimate of drug-likeness (QED) is 0.566. The average Bonchev–Trinajstić information content (AvgIpc) is 2.61. The van der Waals surface area contributed by atoms with Crippen LogP contribution >= 0.6 is 12.2 Å². The molecule has 0 saturated heterocycles. The SMILES string of the molecule is CCCNC(=O)[C@H]1CN(C(=S)NCCCN(C)C)c2ccccc2O1. The highest BCUT2D eigenvalue weighted by Gasteiger charge is 2.32. The third kappa shape index (κ3) is 5.57. The van der Waals surface area contributed by atoms with Gasteiger partial charge in [0.05, 0.1) is 12.2 Å². The van der Waals surface area contributed by atoms with Crippen LogP contribution in [-0.4, -0.2) is 62.3 Å². The van der Waals surface area contributed by atoms with Crippen molar-refractivity contribution in [3.8, 4) is 5.75 Å². The molecule has 2 rings (SSSR count). The van der Waals surface area contributed by atoms with Crippen LogP contribution in [0.2, 0.25) is 0 Å². The fourth-order valence-corrected chi connectivity index (χ4v) is 2.89. The Morgan fingerprint density at radius 2 is 2.08 bits per heavy atom. The molecule has 0 aromatic heterocycles. The number of hydrogen-bond acceptors (Lipinski definition) is 4. The van der Waals surface area contributed by atoms with E-state index in [1.807, 2.05) is 36.1 Å². The molecule has 1 aromatic rings. The number of amides is 1. The average molecular weight is 365 g/mol. The molecule has 0 radical (unpaired) electrons. The number of para-hydroxylation sites is 2. The van der Waals surface area contributed by atoms with Gasteiger partial charge < -0.3 is 25.2 Å². The van der Waals surface area contributed by atoms with Crippen LogP contribution in [0.25, 0.3) is 0 Å². The Hall–Kier alpha value is -1.86. The molecule has 0 spiro atoms. The maximum atomic E-state index is 12.3. The van der Waals surface area contributed by atoms with Gasteiger partial charge in [-0.15, -0.1) is 0 Å². The number of nitrogens with zero attached hydrogens (tertiary/aromatic N) is 2. The van der Waals surface area contributed by atoms with E-state index in [2.05, 4.69) is 29.6 Å². The number of anilines is 1. The Morgan fingerprint density at radius 3 is 2.80 bits per heavy atom. The van der Waals surface area contributed by atoms with Crippen molar-refractivity contribution in [2.24, 2.45) is 0 Å². The third-order valence-corrected chi connectivity index (χ3v) is 4.28. The highest BCUT2D eigenvalue weighted by Crippen LogP contribution is 2.33. The van der Waals surface area contributed by atoms with Crippen molar-refractivity contribution in [2.45, 2.75) is 25.9 Å². The van der Waals surface area contributed by atoms with Crippen LogP contribution in [0, 0.1) is 0 Å². The first-order valence-electron chi connectivity index (χ1n) is 8.76. The van der Waals surface area contributed by atoms with E-state index in [4.69, 9.17) is 17.0 Å². The summed E-state index contributed by atoms with van der Waals surface area (Å²) in [5, 5.41) is 6.82. The van der Waals surface area contributed by atoms with Crippen molar-refractivity contribution in [1.82, 2.24) is 15.5 Å². The van der Waals surface area contributed by atoms with E-state index in [1.165, 1.54) is 0 Å². The summed E-state index contributed by atoms with van der Waals surface area (Å²) in [6, 6.07) is 7.68. The smallest absolute Gasteiger partial charge is 0.262 e. The normalized spacial score (nSPS) is 16.2. The summed E-state index contributed by atoms with van der Waals surface area (Å²) in [6.07, 6.45) is 1.33. The van der Waals surface area contributed by atoms with Crippen LogP contribution in [0.4, 0.5) is 5.69 Å². The lowest BCUT2D eigenvalue weighted by molar-refractivity contribution is -0.127. The van der Waals surface area contributed by atoms with E-state index in [1.54, 1.807) is 0 Å². The zero-order valence-corrected chi connectivity index (χ0v) is 16.1. The molecule has 0 fully saturated rings. The van der Waals surface area contributed by atoms with E-state index in [9.17, 15) is 4.79 Å². The number of rotatable bonds is 7. The molecule has 0 aliphatic carbocycles. The van der Waals surface area contributed by atoms with Gasteiger partial charge in [0.1, 0.15) is 5.75 Å². The standard InChI is InChI=1S/C18H28N4O2S/c1-4-10-19-17(23)16-13-22(14-8-5-6-9-15(14)24-16)18(25)20-11-7-12-21(2)3/h5-6,8-9,16H,4,7,10-13H2,1-3H3,(H,19,23)(H,20,25)/t16-/m1/s1. The molecule has 1 atom stereocenters. The summed E-state index contributed by atoms with van der Waals surface area (Å²) in [4.78, 5) is 16.4. The lowest BCUT2D eigenvalue weighted by Gasteiger charge is -2.35. The number of ether oxygens (including phenoxy) is 1. The summed E-state index contributed by atoms with van der Waals surface area (Å²) in [5.41, 5.74) is 0.896. The molecule has 1 amide bonds. The predicted octanol–water partition coefficient (Wildman–Crippen LogP) is 1.61. The number of benzene rings is 1. The van der Waals surface area contributed by atoms with E-state index >= 15 is 0 Å². The van der Waals surface area contributed by atoms with Crippen LogP contribution in [0.5, 0.6) is 5.75 Å². The molecular weight excluding hydrogens is 336 g/mol. The summed E-state index contributed by atoms with van der Waals surface area (Å²) in [7, 11) is 4.10. The van der Waals surface area contributed by atoms with Crippen molar-refractivity contribution >= 4 is 28.9 Å². The third-order valence-electron chi connectivity index (χ3n) is 3.92. The summed E-state index contributed by atoms with van der Waals surface area (Å²) in [6.45, 7) is 4.87. The van der Waals surface area contributed by atoms with Crippen molar-refractivity contribution in [2.75, 3.05) is 45.2 Å². The minimum atomic E-state index is -0.567. The lowest BCUT2D eigenvalue weighted by atomic mass is 10.2. The van der Waals surface area contributed by atoms with Crippen LogP contribution < -0.4 is 20.3 Å². The summed E-state index contributed by atoms with van der Waals surface area (Å²) in [5.74, 6) is 0.583. The van der Waals surface area contributed by atoms with Crippen molar-refractivity contribution in [1.29, 1.82) is 0 Å². The van der Waals surface area contributed by atoms with Gasteiger partial charge in [-0.25, -0.2) is 0 Å². The molecule has 1 heterocycles. The molecule has 2 N–H and O–H groups in total. The number of hydrogen-bond donors (Lipinski definition) is 2. The van der Waals surface area contributed by atoms with Gasteiger partial charge >= 0.3 is 0 Å². The van der Waals surface area contributed by atoms with Crippen LogP contribution in [0.15, 0.2) is 24.3 Å². The Labute approximate surface area is 155 Å². The molecule has 1 aliphatic rings. The zero-order valence-electron chi connectivity index (χ0n) is 15.2. The first kappa shape index (κ1) is 19.5. The number of thiocarbonyl (C=S) groups is 1.